The molecule has 2 amide bonds. The number of aromatic carboxylic acids is 1. The lowest BCUT2D eigenvalue weighted by Crippen LogP contribution is -2.42. The fraction of sp³-hybridized carbons (Fsp3) is 0.542. The number of likely N-dealkylation sites (tertiary alicyclic amines) is 1. The maximum absolute atomic E-state index is 12.2. The Balaban J connectivity index is 1.37. The topological polar surface area (TPSA) is 131 Å². The van der Waals surface area contributed by atoms with Gasteiger partial charge in [-0.25, -0.2) is 19.6 Å². The predicted molar refractivity (Wildman–Crippen MR) is 130 cm³/mol. The second kappa shape index (κ2) is 10.2. The molecule has 2 N–H and O–H groups in total. The van der Waals surface area contributed by atoms with Crippen molar-refractivity contribution in [2.45, 2.75) is 52.1 Å². The van der Waals surface area contributed by atoms with E-state index in [4.69, 9.17) is 9.47 Å². The number of thiazole rings is 1. The number of hydrogen-bond acceptors (Lipinski definition) is 8. The Kier molecular flexibility index (Phi) is 7.25. The van der Waals surface area contributed by atoms with Gasteiger partial charge >= 0.3 is 12.1 Å². The van der Waals surface area contributed by atoms with Gasteiger partial charge in [-0.3, -0.25) is 4.79 Å². The third-order valence-corrected chi connectivity index (χ3v) is 6.79. The number of pyridine rings is 1. The molecule has 4 rings (SSSR count). The van der Waals surface area contributed by atoms with Gasteiger partial charge in [-0.2, -0.15) is 0 Å². The smallest absolute Gasteiger partial charge is 0.410 e. The number of ether oxygens (including phenoxy) is 2. The first kappa shape index (κ1) is 24.9. The van der Waals surface area contributed by atoms with Crippen molar-refractivity contribution in [1.82, 2.24) is 14.9 Å². The lowest BCUT2D eigenvalue weighted by molar-refractivity contribution is -0.117. The van der Waals surface area contributed by atoms with Crippen molar-refractivity contribution >= 4 is 35.1 Å². The molecule has 188 valence electrons. The molecule has 2 aromatic rings. The van der Waals surface area contributed by atoms with Crippen molar-refractivity contribution in [3.05, 3.63) is 23.2 Å². The molecule has 2 fully saturated rings. The molecule has 35 heavy (non-hydrogen) atoms. The van der Waals surface area contributed by atoms with Crippen molar-refractivity contribution in [3.63, 3.8) is 0 Å². The number of carboxylic acids is 1. The number of anilines is 1. The van der Waals surface area contributed by atoms with E-state index >= 15 is 0 Å². The summed E-state index contributed by atoms with van der Waals surface area (Å²) in [4.78, 5) is 46.4. The van der Waals surface area contributed by atoms with Gasteiger partial charge in [0.05, 0.1) is 6.61 Å². The SMILES string of the molecule is CC(C)(C)OC(=O)N1CCC(COc2nc(-c3ccnc(NC(=O)C4CC4)c3)sc2C(=O)O)CC1. The highest BCUT2D eigenvalue weighted by Gasteiger charge is 2.30. The molecular formula is C24H30N4O6S. The fourth-order valence-corrected chi connectivity index (χ4v) is 4.52. The molecule has 2 aliphatic rings. The minimum Gasteiger partial charge on any atom is -0.477 e. The Labute approximate surface area is 207 Å². The number of nitrogens with one attached hydrogen (secondary N) is 1. The molecule has 1 aliphatic carbocycles. The van der Waals surface area contributed by atoms with E-state index in [-0.39, 0.29) is 34.6 Å². The number of carboxylic acid groups (broad SMARTS) is 1. The van der Waals surface area contributed by atoms with Crippen LogP contribution in [0.25, 0.3) is 10.6 Å². The number of aromatic nitrogens is 2. The van der Waals surface area contributed by atoms with Gasteiger partial charge in [0.2, 0.25) is 11.8 Å². The highest BCUT2D eigenvalue weighted by Crippen LogP contribution is 2.35. The van der Waals surface area contributed by atoms with E-state index in [0.717, 1.165) is 37.0 Å². The lowest BCUT2D eigenvalue weighted by Gasteiger charge is -2.33. The molecule has 1 saturated heterocycles. The molecule has 0 atom stereocenters. The van der Waals surface area contributed by atoms with Crippen molar-refractivity contribution in [2.24, 2.45) is 11.8 Å². The summed E-state index contributed by atoms with van der Waals surface area (Å²) in [5.41, 5.74) is 0.115. The van der Waals surface area contributed by atoms with E-state index in [2.05, 4.69) is 15.3 Å². The Bertz CT molecular complexity index is 1100. The molecule has 1 saturated carbocycles. The first-order valence-corrected chi connectivity index (χ1v) is 12.5. The summed E-state index contributed by atoms with van der Waals surface area (Å²) in [5, 5.41) is 12.9. The van der Waals surface area contributed by atoms with Crippen molar-refractivity contribution < 1.29 is 29.0 Å². The van der Waals surface area contributed by atoms with E-state index in [1.54, 1.807) is 23.2 Å². The van der Waals surface area contributed by atoms with Crippen LogP contribution in [0.15, 0.2) is 18.3 Å². The summed E-state index contributed by atoms with van der Waals surface area (Å²) in [6.07, 6.45) is 4.47. The van der Waals surface area contributed by atoms with Crippen LogP contribution in [0.2, 0.25) is 0 Å². The van der Waals surface area contributed by atoms with Gasteiger partial charge in [-0.05, 0) is 64.5 Å². The van der Waals surface area contributed by atoms with E-state index in [0.29, 0.717) is 36.1 Å². The van der Waals surface area contributed by atoms with Gasteiger partial charge in [-0.15, -0.1) is 11.3 Å². The molecule has 1 aliphatic heterocycles. The maximum Gasteiger partial charge on any atom is 0.410 e. The van der Waals surface area contributed by atoms with E-state index < -0.39 is 11.6 Å². The van der Waals surface area contributed by atoms with Crippen LogP contribution in [0.4, 0.5) is 10.6 Å². The molecule has 10 nitrogen and oxygen atoms in total. The zero-order valence-electron chi connectivity index (χ0n) is 20.1. The van der Waals surface area contributed by atoms with Crippen LogP contribution in [0.3, 0.4) is 0 Å². The Morgan fingerprint density at radius 3 is 2.54 bits per heavy atom. The summed E-state index contributed by atoms with van der Waals surface area (Å²) < 4.78 is 11.3. The number of carbonyl (C=O) groups is 3. The first-order valence-electron chi connectivity index (χ1n) is 11.7. The Morgan fingerprint density at radius 2 is 1.91 bits per heavy atom. The summed E-state index contributed by atoms with van der Waals surface area (Å²) >= 11 is 1.02. The number of rotatable bonds is 7. The third kappa shape index (κ3) is 6.68. The van der Waals surface area contributed by atoms with Gasteiger partial charge in [-0.1, -0.05) is 0 Å². The summed E-state index contributed by atoms with van der Waals surface area (Å²) in [5.74, 6) is -0.458. The van der Waals surface area contributed by atoms with Crippen LogP contribution in [0.1, 0.15) is 56.1 Å². The molecule has 0 spiro atoms. The zero-order valence-corrected chi connectivity index (χ0v) is 20.9. The highest BCUT2D eigenvalue weighted by molar-refractivity contribution is 7.17. The summed E-state index contributed by atoms with van der Waals surface area (Å²) in [6.45, 7) is 6.94. The average Bonchev–Trinajstić information content (AvgIpc) is 3.56. The van der Waals surface area contributed by atoms with Crippen LogP contribution >= 0.6 is 11.3 Å². The van der Waals surface area contributed by atoms with Gasteiger partial charge in [0.15, 0.2) is 4.88 Å². The van der Waals surface area contributed by atoms with Crippen LogP contribution < -0.4 is 10.1 Å². The molecule has 3 heterocycles. The highest BCUT2D eigenvalue weighted by atomic mass is 32.1. The number of amides is 2. The maximum atomic E-state index is 12.2. The van der Waals surface area contributed by atoms with Crippen LogP contribution in [0.5, 0.6) is 5.88 Å². The van der Waals surface area contributed by atoms with Crippen LogP contribution in [-0.4, -0.2) is 63.2 Å². The predicted octanol–water partition coefficient (Wildman–Crippen LogP) is 4.28. The number of nitrogens with zero attached hydrogens (tertiary/aromatic N) is 3. The number of piperidine rings is 1. The Hall–Kier alpha value is -3.21. The lowest BCUT2D eigenvalue weighted by atomic mass is 9.98. The standard InChI is InChI=1S/C24H30N4O6S/c1-24(2,3)34-23(32)28-10-7-14(8-11-28)13-33-20-18(22(30)31)35-21(27-20)16-6-9-25-17(12-16)26-19(29)15-4-5-15/h6,9,12,14-15H,4-5,7-8,10-11,13H2,1-3H3,(H,30,31)(H,25,26,29). The van der Waals surface area contributed by atoms with Gasteiger partial charge < -0.3 is 24.8 Å². The van der Waals surface area contributed by atoms with Crippen molar-refractivity contribution in [1.29, 1.82) is 0 Å². The first-order chi connectivity index (χ1) is 16.6. The summed E-state index contributed by atoms with van der Waals surface area (Å²) in [7, 11) is 0. The van der Waals surface area contributed by atoms with Crippen molar-refractivity contribution in [2.75, 3.05) is 25.0 Å². The van der Waals surface area contributed by atoms with Gasteiger partial charge in [0.25, 0.3) is 0 Å². The van der Waals surface area contributed by atoms with Crippen LogP contribution in [0, 0.1) is 11.8 Å². The normalized spacial score (nSPS) is 16.6. The third-order valence-electron chi connectivity index (χ3n) is 5.72. The monoisotopic (exact) mass is 502 g/mol. The largest absolute Gasteiger partial charge is 0.477 e. The number of hydrogen-bond donors (Lipinski definition) is 2. The van der Waals surface area contributed by atoms with Crippen molar-refractivity contribution in [3.8, 4) is 16.5 Å². The minimum absolute atomic E-state index is 0.0200. The quantitative estimate of drug-likeness (QED) is 0.574. The number of carbonyl (C=O) groups excluding carboxylic acids is 2. The molecule has 0 aromatic carbocycles. The second-order valence-electron chi connectivity index (χ2n) is 9.87. The Morgan fingerprint density at radius 1 is 1.20 bits per heavy atom. The molecule has 0 bridgehead atoms. The van der Waals surface area contributed by atoms with E-state index in [9.17, 15) is 19.5 Å². The molecular weight excluding hydrogens is 472 g/mol. The fourth-order valence-electron chi connectivity index (χ4n) is 3.67. The molecule has 11 heteroatoms. The molecule has 0 radical (unpaired) electrons. The average molecular weight is 503 g/mol. The molecule has 2 aromatic heterocycles. The minimum atomic E-state index is -1.11. The van der Waals surface area contributed by atoms with E-state index in [1.807, 2.05) is 20.8 Å². The van der Waals surface area contributed by atoms with Gasteiger partial charge in [0.1, 0.15) is 16.4 Å². The second-order valence-corrected chi connectivity index (χ2v) is 10.9. The molecule has 0 unspecified atom stereocenters. The zero-order chi connectivity index (χ0) is 25.2. The summed E-state index contributed by atoms with van der Waals surface area (Å²) in [6, 6.07) is 3.40. The van der Waals surface area contributed by atoms with E-state index in [1.165, 1.54) is 0 Å². The van der Waals surface area contributed by atoms with Crippen LogP contribution in [-0.2, 0) is 9.53 Å². The van der Waals surface area contributed by atoms with Gasteiger partial charge in [0, 0.05) is 30.8 Å².